The predicted molar refractivity (Wildman–Crippen MR) is 70.3 cm³/mol. The van der Waals surface area contributed by atoms with Gasteiger partial charge in [0.15, 0.2) is 0 Å². The lowest BCUT2D eigenvalue weighted by molar-refractivity contribution is 0.406. The Morgan fingerprint density at radius 3 is 3.00 bits per heavy atom. The minimum atomic E-state index is 0.563. The minimum Gasteiger partial charge on any atom is -0.495 e. The Kier molecular flexibility index (Phi) is 3.01. The molecule has 0 amide bonds. The summed E-state index contributed by atoms with van der Waals surface area (Å²) in [6, 6.07) is 2.34. The molecule has 0 aromatic heterocycles. The lowest BCUT2D eigenvalue weighted by Crippen LogP contribution is -2.09. The van der Waals surface area contributed by atoms with E-state index in [1.165, 1.54) is 36.0 Å². The molecular weight excluding hydrogens is 234 g/mol. The predicted octanol–water partition coefficient (Wildman–Crippen LogP) is 2.91. The zero-order valence-electron chi connectivity index (χ0n) is 10.2. The molecule has 1 fully saturated rings. The highest BCUT2D eigenvalue weighted by atomic mass is 35.5. The molecule has 17 heavy (non-hydrogen) atoms. The largest absolute Gasteiger partial charge is 0.495 e. The van der Waals surface area contributed by atoms with Crippen LogP contribution in [0.5, 0.6) is 5.75 Å². The van der Waals surface area contributed by atoms with Crippen LogP contribution in [0.2, 0.25) is 5.02 Å². The first-order valence-electron chi connectivity index (χ1n) is 6.40. The van der Waals surface area contributed by atoms with E-state index >= 15 is 0 Å². The summed E-state index contributed by atoms with van der Waals surface area (Å²) in [7, 11) is 1.73. The average Bonchev–Trinajstić information content (AvgIpc) is 2.99. The van der Waals surface area contributed by atoms with E-state index in [-0.39, 0.29) is 0 Å². The molecule has 0 spiro atoms. The summed E-state index contributed by atoms with van der Waals surface area (Å²) >= 11 is 6.49. The van der Waals surface area contributed by atoms with Crippen LogP contribution >= 0.6 is 11.6 Å². The van der Waals surface area contributed by atoms with Gasteiger partial charge in [-0.2, -0.15) is 0 Å². The molecule has 1 aliphatic heterocycles. The van der Waals surface area contributed by atoms with Crippen molar-refractivity contribution in [2.24, 2.45) is 0 Å². The van der Waals surface area contributed by atoms with Crippen LogP contribution in [-0.4, -0.2) is 20.2 Å². The molecule has 0 saturated carbocycles. The molecule has 0 bridgehead atoms. The SMILES string of the molecule is COc1c(C2CCNC2)cc2c(c1Cl)CCC2. The number of nitrogens with one attached hydrogen (secondary N) is 1. The van der Waals surface area contributed by atoms with Gasteiger partial charge in [-0.1, -0.05) is 17.7 Å². The fraction of sp³-hybridized carbons (Fsp3) is 0.571. The van der Waals surface area contributed by atoms with E-state index in [1.54, 1.807) is 7.11 Å². The van der Waals surface area contributed by atoms with Gasteiger partial charge >= 0.3 is 0 Å². The summed E-state index contributed by atoms with van der Waals surface area (Å²) in [5, 5.41) is 4.28. The smallest absolute Gasteiger partial charge is 0.141 e. The molecule has 1 aromatic carbocycles. The van der Waals surface area contributed by atoms with Gasteiger partial charge in [0.2, 0.25) is 0 Å². The van der Waals surface area contributed by atoms with Crippen molar-refractivity contribution < 1.29 is 4.74 Å². The van der Waals surface area contributed by atoms with E-state index in [0.29, 0.717) is 5.92 Å². The van der Waals surface area contributed by atoms with Gasteiger partial charge in [0.05, 0.1) is 12.1 Å². The number of benzene rings is 1. The van der Waals surface area contributed by atoms with Gasteiger partial charge in [0.1, 0.15) is 5.75 Å². The normalized spacial score (nSPS) is 22.8. The van der Waals surface area contributed by atoms with Crippen molar-refractivity contribution in [1.29, 1.82) is 0 Å². The lowest BCUT2D eigenvalue weighted by atomic mass is 9.93. The summed E-state index contributed by atoms with van der Waals surface area (Å²) in [6.07, 6.45) is 4.69. The zero-order valence-corrected chi connectivity index (χ0v) is 10.9. The highest BCUT2D eigenvalue weighted by Crippen LogP contribution is 2.42. The Morgan fingerprint density at radius 1 is 1.41 bits per heavy atom. The van der Waals surface area contributed by atoms with Crippen LogP contribution in [0.15, 0.2) is 6.07 Å². The van der Waals surface area contributed by atoms with E-state index in [9.17, 15) is 0 Å². The molecule has 3 rings (SSSR count). The maximum Gasteiger partial charge on any atom is 0.141 e. The molecule has 3 heteroatoms. The molecule has 92 valence electrons. The number of hydrogen-bond acceptors (Lipinski definition) is 2. The van der Waals surface area contributed by atoms with Gasteiger partial charge in [-0.25, -0.2) is 0 Å². The van der Waals surface area contributed by atoms with E-state index in [2.05, 4.69) is 11.4 Å². The van der Waals surface area contributed by atoms with Gasteiger partial charge < -0.3 is 10.1 Å². The van der Waals surface area contributed by atoms with Crippen LogP contribution in [0.3, 0.4) is 0 Å². The monoisotopic (exact) mass is 251 g/mol. The van der Waals surface area contributed by atoms with E-state index < -0.39 is 0 Å². The summed E-state index contributed by atoms with van der Waals surface area (Å²) < 4.78 is 5.55. The van der Waals surface area contributed by atoms with Crippen molar-refractivity contribution >= 4 is 11.6 Å². The molecule has 2 nitrogen and oxygen atoms in total. The third-order valence-electron chi connectivity index (χ3n) is 4.02. The van der Waals surface area contributed by atoms with Crippen LogP contribution < -0.4 is 10.1 Å². The van der Waals surface area contributed by atoms with Crippen molar-refractivity contribution in [1.82, 2.24) is 5.32 Å². The lowest BCUT2D eigenvalue weighted by Gasteiger charge is -2.18. The topological polar surface area (TPSA) is 21.3 Å². The second-order valence-electron chi connectivity index (χ2n) is 4.99. The van der Waals surface area contributed by atoms with E-state index in [0.717, 1.165) is 30.3 Å². The average molecular weight is 252 g/mol. The van der Waals surface area contributed by atoms with Crippen LogP contribution in [0.25, 0.3) is 0 Å². The molecule has 1 aromatic rings. The number of fused-ring (bicyclic) bond motifs is 1. The van der Waals surface area contributed by atoms with Crippen LogP contribution in [0, 0.1) is 0 Å². The second kappa shape index (κ2) is 4.51. The number of halogens is 1. The highest BCUT2D eigenvalue weighted by Gasteiger charge is 2.26. The molecule has 1 heterocycles. The number of aryl methyl sites for hydroxylation is 1. The minimum absolute atomic E-state index is 0.563. The van der Waals surface area contributed by atoms with Gasteiger partial charge in [-0.05, 0) is 43.4 Å². The van der Waals surface area contributed by atoms with Crippen LogP contribution in [-0.2, 0) is 12.8 Å². The van der Waals surface area contributed by atoms with Crippen LogP contribution in [0.1, 0.15) is 35.4 Å². The van der Waals surface area contributed by atoms with Crippen molar-refractivity contribution in [2.75, 3.05) is 20.2 Å². The fourth-order valence-corrected chi connectivity index (χ4v) is 3.53. The maximum atomic E-state index is 6.49. The summed E-state index contributed by atoms with van der Waals surface area (Å²) in [5.74, 6) is 1.48. The quantitative estimate of drug-likeness (QED) is 0.873. The fourth-order valence-electron chi connectivity index (χ4n) is 3.12. The van der Waals surface area contributed by atoms with Gasteiger partial charge in [-0.3, -0.25) is 0 Å². The Balaban J connectivity index is 2.10. The molecule has 0 radical (unpaired) electrons. The number of ether oxygens (including phenoxy) is 1. The van der Waals surface area contributed by atoms with E-state index in [1.807, 2.05) is 0 Å². The molecule has 1 saturated heterocycles. The van der Waals surface area contributed by atoms with Crippen molar-refractivity contribution in [3.05, 3.63) is 27.8 Å². The van der Waals surface area contributed by atoms with Crippen molar-refractivity contribution in [3.63, 3.8) is 0 Å². The standard InChI is InChI=1S/C14H18ClNO/c1-17-14-12(10-5-6-16-8-10)7-9-3-2-4-11(9)13(14)15/h7,10,16H,2-6,8H2,1H3. The van der Waals surface area contributed by atoms with Crippen molar-refractivity contribution in [3.8, 4) is 5.75 Å². The first-order valence-corrected chi connectivity index (χ1v) is 6.78. The van der Waals surface area contributed by atoms with Crippen LogP contribution in [0.4, 0.5) is 0 Å². The number of methoxy groups -OCH3 is 1. The van der Waals surface area contributed by atoms with Gasteiger partial charge in [0.25, 0.3) is 0 Å². The van der Waals surface area contributed by atoms with Gasteiger partial charge in [0, 0.05) is 18.0 Å². The summed E-state index contributed by atoms with van der Waals surface area (Å²) in [6.45, 7) is 2.15. The Labute approximate surface area is 107 Å². The third-order valence-corrected chi connectivity index (χ3v) is 4.42. The summed E-state index contributed by atoms with van der Waals surface area (Å²) in [5.41, 5.74) is 4.07. The Hall–Kier alpha value is -0.730. The first kappa shape index (κ1) is 11.4. The Bertz CT molecular complexity index is 438. The van der Waals surface area contributed by atoms with E-state index in [4.69, 9.17) is 16.3 Å². The molecular formula is C14H18ClNO. The second-order valence-corrected chi connectivity index (χ2v) is 5.37. The van der Waals surface area contributed by atoms with Crippen molar-refractivity contribution in [2.45, 2.75) is 31.6 Å². The zero-order chi connectivity index (χ0) is 11.8. The molecule has 1 atom stereocenters. The highest BCUT2D eigenvalue weighted by molar-refractivity contribution is 6.33. The summed E-state index contributed by atoms with van der Waals surface area (Å²) in [4.78, 5) is 0. The molecule has 1 unspecified atom stereocenters. The first-order chi connectivity index (χ1) is 8.31. The third kappa shape index (κ3) is 1.84. The molecule has 1 aliphatic carbocycles. The Morgan fingerprint density at radius 2 is 2.29 bits per heavy atom. The maximum absolute atomic E-state index is 6.49. The number of rotatable bonds is 2. The van der Waals surface area contributed by atoms with Gasteiger partial charge in [-0.15, -0.1) is 0 Å². The number of hydrogen-bond donors (Lipinski definition) is 1. The molecule has 1 N–H and O–H groups in total. The molecule has 2 aliphatic rings.